The van der Waals surface area contributed by atoms with Crippen molar-refractivity contribution in [1.29, 1.82) is 0 Å². The van der Waals surface area contributed by atoms with E-state index in [-0.39, 0.29) is 16.2 Å². The van der Waals surface area contributed by atoms with Gasteiger partial charge in [0.15, 0.2) is 7.28 Å². The predicted octanol–water partition coefficient (Wildman–Crippen LogP) is 15.7. The van der Waals surface area contributed by atoms with E-state index in [1.54, 1.807) is 0 Å². The lowest BCUT2D eigenvalue weighted by atomic mass is 9.55. The van der Waals surface area contributed by atoms with Crippen LogP contribution in [0.2, 0.25) is 0 Å². The molecule has 10 aromatic rings. The molecule has 0 saturated heterocycles. The van der Waals surface area contributed by atoms with Gasteiger partial charge in [-0.25, -0.2) is 0 Å². The number of anilines is 5. The number of rotatable bonds is 4. The zero-order valence-corrected chi connectivity index (χ0v) is 39.0. The summed E-state index contributed by atoms with van der Waals surface area (Å²) >= 11 is 3.84. The molecule has 0 amide bonds. The van der Waals surface area contributed by atoms with E-state index in [2.05, 4.69) is 203 Å². The van der Waals surface area contributed by atoms with Gasteiger partial charge in [0.05, 0.1) is 26.5 Å². The summed E-state index contributed by atoms with van der Waals surface area (Å²) in [5, 5.41) is 9.36. The molecule has 4 heterocycles. The van der Waals surface area contributed by atoms with Crippen molar-refractivity contribution in [3.63, 3.8) is 0 Å². The second-order valence-corrected chi connectivity index (χ2v) is 22.5. The Morgan fingerprint density at radius 2 is 1.14 bits per heavy atom. The largest absolute Gasteiger partial charge is 0.354 e. The molecule has 0 saturated carbocycles. The second-order valence-electron chi connectivity index (χ2n) is 20.4. The topological polar surface area (TPSA) is 15.3 Å². The third-order valence-electron chi connectivity index (χ3n) is 15.3. The molecule has 64 heavy (non-hydrogen) atoms. The average Bonchev–Trinajstić information content (AvgIpc) is 3.88. The molecule has 2 aliphatic heterocycles. The van der Waals surface area contributed by atoms with Crippen LogP contribution in [0.25, 0.3) is 62.6 Å². The van der Waals surface area contributed by atoms with Crippen LogP contribution >= 0.6 is 22.7 Å². The van der Waals surface area contributed by atoms with Crippen LogP contribution in [0.5, 0.6) is 0 Å². The maximum atomic E-state index is 4.11. The number of thiophene rings is 2. The molecule has 3 aliphatic rings. The Morgan fingerprint density at radius 1 is 0.484 bits per heavy atom. The molecule has 5 heteroatoms. The van der Waals surface area contributed by atoms with E-state index in [1.165, 1.54) is 126 Å². The van der Waals surface area contributed by atoms with Crippen LogP contribution in [-0.2, 0) is 16.2 Å². The second kappa shape index (κ2) is 13.5. The van der Waals surface area contributed by atoms with Crippen LogP contribution in [-0.4, -0.2) is 7.28 Å². The lowest BCUT2D eigenvalue weighted by Gasteiger charge is -2.49. The zero-order valence-electron chi connectivity index (χ0n) is 37.3. The van der Waals surface area contributed by atoms with Crippen molar-refractivity contribution in [1.82, 2.24) is 0 Å². The number of nitrogens with one attached hydrogen (secondary N) is 1. The fraction of sp³-hybridized carbons (Fsp3) is 0.186. The lowest BCUT2D eigenvalue weighted by molar-refractivity contribution is 0.331. The molecule has 0 radical (unpaired) electrons. The van der Waals surface area contributed by atoms with E-state index in [1.807, 2.05) is 22.7 Å². The molecule has 13 rings (SSSR count). The predicted molar refractivity (Wildman–Crippen MR) is 281 cm³/mol. The van der Waals surface area contributed by atoms with Gasteiger partial charge in [-0.1, -0.05) is 162 Å². The summed E-state index contributed by atoms with van der Waals surface area (Å²) in [6, 6.07) is 57.5. The number of hydrogen-bond acceptors (Lipinski definition) is 4. The maximum Gasteiger partial charge on any atom is 0.198 e. The Bertz CT molecular complexity index is 3610. The molecular formula is C59H49BN2S2. The Morgan fingerprint density at radius 3 is 1.91 bits per heavy atom. The Balaban J connectivity index is 1.12. The van der Waals surface area contributed by atoms with Crippen molar-refractivity contribution in [3.05, 3.63) is 174 Å². The molecule has 1 N–H and O–H groups in total. The zero-order chi connectivity index (χ0) is 43.3. The SMILES string of the molecule is CC1(C)CCC(C)(C)c2cc3c(cc21)N1c2c(cccc2C3(C)C)Bc2c(-c3ccc(-c4ccccc4)cc3Nc3cccc4c3sc3ccccc34)cc3c(sc4ccccc43)c21. The molecule has 0 unspecified atom stereocenters. The van der Waals surface area contributed by atoms with Gasteiger partial charge in [0.2, 0.25) is 0 Å². The molecule has 0 fully saturated rings. The summed E-state index contributed by atoms with van der Waals surface area (Å²) in [7, 11) is 0.856. The van der Waals surface area contributed by atoms with Gasteiger partial charge >= 0.3 is 0 Å². The van der Waals surface area contributed by atoms with E-state index in [4.69, 9.17) is 0 Å². The highest BCUT2D eigenvalue weighted by Crippen LogP contribution is 2.58. The minimum absolute atomic E-state index is 0.0789. The first kappa shape index (κ1) is 38.3. The van der Waals surface area contributed by atoms with Gasteiger partial charge in [0.25, 0.3) is 0 Å². The van der Waals surface area contributed by atoms with Crippen molar-refractivity contribution >= 4 is 110 Å². The highest BCUT2D eigenvalue weighted by atomic mass is 32.1. The Labute approximate surface area is 384 Å². The molecule has 0 spiro atoms. The van der Waals surface area contributed by atoms with Crippen LogP contribution in [0.15, 0.2) is 152 Å². The summed E-state index contributed by atoms with van der Waals surface area (Å²) in [5.74, 6) is 0. The van der Waals surface area contributed by atoms with Crippen LogP contribution < -0.4 is 21.1 Å². The van der Waals surface area contributed by atoms with Gasteiger partial charge in [0, 0.05) is 53.3 Å². The van der Waals surface area contributed by atoms with Gasteiger partial charge < -0.3 is 10.2 Å². The number of hydrogen-bond donors (Lipinski definition) is 1. The van der Waals surface area contributed by atoms with Gasteiger partial charge in [-0.15, -0.1) is 22.7 Å². The first-order chi connectivity index (χ1) is 31.0. The molecular weight excluding hydrogens is 812 g/mol. The molecule has 1 aliphatic carbocycles. The highest BCUT2D eigenvalue weighted by Gasteiger charge is 2.46. The normalized spacial score (nSPS) is 16.3. The molecule has 0 atom stereocenters. The third kappa shape index (κ3) is 5.44. The summed E-state index contributed by atoms with van der Waals surface area (Å²) in [5.41, 5.74) is 19.9. The van der Waals surface area contributed by atoms with Crippen molar-refractivity contribution in [2.45, 2.75) is 70.6 Å². The van der Waals surface area contributed by atoms with E-state index in [9.17, 15) is 0 Å². The first-order valence-corrected chi connectivity index (χ1v) is 24.6. The van der Waals surface area contributed by atoms with Crippen molar-refractivity contribution in [2.24, 2.45) is 0 Å². The summed E-state index contributed by atoms with van der Waals surface area (Å²) in [4.78, 5) is 2.74. The number of benzene rings is 8. The number of para-hydroxylation sites is 1. The molecule has 2 aromatic heterocycles. The van der Waals surface area contributed by atoms with Crippen molar-refractivity contribution in [2.75, 3.05) is 10.2 Å². The van der Waals surface area contributed by atoms with Crippen LogP contribution in [0.3, 0.4) is 0 Å². The quantitative estimate of drug-likeness (QED) is 0.177. The van der Waals surface area contributed by atoms with E-state index in [0.717, 1.165) is 18.7 Å². The van der Waals surface area contributed by atoms with E-state index in [0.29, 0.717) is 0 Å². The minimum atomic E-state index is -0.170. The molecule has 310 valence electrons. The molecule has 2 nitrogen and oxygen atoms in total. The van der Waals surface area contributed by atoms with Gasteiger partial charge in [-0.3, -0.25) is 0 Å². The van der Waals surface area contributed by atoms with Gasteiger partial charge in [-0.05, 0) is 104 Å². The fourth-order valence-electron chi connectivity index (χ4n) is 11.7. The fourth-order valence-corrected chi connectivity index (χ4v) is 14.1. The first-order valence-electron chi connectivity index (χ1n) is 22.9. The van der Waals surface area contributed by atoms with Crippen LogP contribution in [0.4, 0.5) is 28.4 Å². The summed E-state index contributed by atoms with van der Waals surface area (Å²) in [6.45, 7) is 14.8. The van der Waals surface area contributed by atoms with E-state index >= 15 is 0 Å². The third-order valence-corrected chi connectivity index (χ3v) is 17.7. The van der Waals surface area contributed by atoms with Gasteiger partial charge in [-0.2, -0.15) is 0 Å². The van der Waals surface area contributed by atoms with Crippen LogP contribution in [0, 0.1) is 0 Å². The number of fused-ring (bicyclic) bond motifs is 12. The smallest absolute Gasteiger partial charge is 0.198 e. The number of nitrogens with zero attached hydrogens (tertiary/aromatic N) is 1. The maximum absolute atomic E-state index is 4.11. The van der Waals surface area contributed by atoms with Crippen molar-refractivity contribution < 1.29 is 0 Å². The summed E-state index contributed by atoms with van der Waals surface area (Å²) in [6.07, 6.45) is 2.38. The highest BCUT2D eigenvalue weighted by molar-refractivity contribution is 7.27. The lowest BCUT2D eigenvalue weighted by Crippen LogP contribution is -2.46. The van der Waals surface area contributed by atoms with Crippen LogP contribution in [0.1, 0.15) is 76.6 Å². The standard InChI is InChI=1S/C59H49BN2S2/c1-57(2)28-29-58(3,4)44-33-49-45(32-43(44)57)59(5,6)42-21-15-22-46-53(42)62(49)54-52(60-46)40(31-41-38-19-11-13-25-51(38)64-56(41)54)36-27-26-35(34-16-8-7-9-17-34)30-48(36)61-47-23-14-20-39-37-18-10-12-24-50(37)63-55(39)47/h7-27,30-33,60-61H,28-29H2,1-6H3. The van der Waals surface area contributed by atoms with Gasteiger partial charge in [0.1, 0.15) is 0 Å². The monoisotopic (exact) mass is 860 g/mol. The molecule has 0 bridgehead atoms. The van der Waals surface area contributed by atoms with Crippen molar-refractivity contribution in [3.8, 4) is 22.3 Å². The molecule has 8 aromatic carbocycles. The summed E-state index contributed by atoms with van der Waals surface area (Å²) < 4.78 is 5.29. The Kier molecular flexibility index (Phi) is 8.06. The Hall–Kier alpha value is -6.14. The van der Waals surface area contributed by atoms with E-state index < -0.39 is 0 Å². The average molecular weight is 861 g/mol. The minimum Gasteiger partial charge on any atom is -0.354 e.